The van der Waals surface area contributed by atoms with E-state index in [-0.39, 0.29) is 12.3 Å². The highest BCUT2D eigenvalue weighted by Crippen LogP contribution is 2.22. The predicted octanol–water partition coefficient (Wildman–Crippen LogP) is 3.46. The molecule has 0 fully saturated rings. The number of hydrogen-bond donors (Lipinski definition) is 2. The van der Waals surface area contributed by atoms with Crippen LogP contribution in [0.15, 0.2) is 53.4 Å². The molecule has 4 heteroatoms. The highest BCUT2D eigenvalue weighted by Gasteiger charge is 2.13. The summed E-state index contributed by atoms with van der Waals surface area (Å²) >= 11 is 1.67. The largest absolute Gasteiger partial charge is 0.388 e. The van der Waals surface area contributed by atoms with Crippen LogP contribution in [0.2, 0.25) is 0 Å². The van der Waals surface area contributed by atoms with Crippen molar-refractivity contribution in [1.29, 1.82) is 0 Å². The lowest BCUT2D eigenvalue weighted by Gasteiger charge is -2.13. The van der Waals surface area contributed by atoms with Crippen molar-refractivity contribution in [3.05, 3.63) is 65.2 Å². The summed E-state index contributed by atoms with van der Waals surface area (Å²) in [5.74, 6) is -0.149. The Balaban J connectivity index is 1.90. The summed E-state index contributed by atoms with van der Waals surface area (Å²) in [6.45, 7) is 2.54. The minimum Gasteiger partial charge on any atom is -0.388 e. The molecule has 1 atom stereocenters. The number of aryl methyl sites for hydroxylation is 1. The van der Waals surface area contributed by atoms with Gasteiger partial charge >= 0.3 is 0 Å². The molecular weight excluding hydrogens is 294 g/mol. The SMILES string of the molecule is CSc1cc(C)ccc1CNC(=O)CC(O)c1ccccc1. The van der Waals surface area contributed by atoms with Crippen molar-refractivity contribution in [1.82, 2.24) is 5.32 Å². The van der Waals surface area contributed by atoms with Gasteiger partial charge in [0.25, 0.3) is 0 Å². The second-order valence-electron chi connectivity index (χ2n) is 5.22. The van der Waals surface area contributed by atoms with Crippen LogP contribution in [-0.4, -0.2) is 17.3 Å². The van der Waals surface area contributed by atoms with Gasteiger partial charge < -0.3 is 10.4 Å². The van der Waals surface area contributed by atoms with E-state index in [1.165, 1.54) is 10.5 Å². The van der Waals surface area contributed by atoms with E-state index in [1.807, 2.05) is 48.7 Å². The number of amides is 1. The molecule has 0 bridgehead atoms. The van der Waals surface area contributed by atoms with E-state index in [4.69, 9.17) is 0 Å². The van der Waals surface area contributed by atoms with Gasteiger partial charge in [-0.3, -0.25) is 4.79 Å². The molecule has 22 heavy (non-hydrogen) atoms. The molecule has 0 saturated carbocycles. The fourth-order valence-electron chi connectivity index (χ4n) is 2.23. The second kappa shape index (κ2) is 8.01. The molecule has 2 aromatic rings. The first-order chi connectivity index (χ1) is 10.6. The number of carbonyl (C=O) groups excluding carboxylic acids is 1. The Morgan fingerprint density at radius 2 is 1.95 bits per heavy atom. The summed E-state index contributed by atoms with van der Waals surface area (Å²) in [4.78, 5) is 13.2. The van der Waals surface area contributed by atoms with Crippen molar-refractivity contribution in [2.45, 2.75) is 30.9 Å². The van der Waals surface area contributed by atoms with Crippen molar-refractivity contribution in [2.75, 3.05) is 6.26 Å². The van der Waals surface area contributed by atoms with Gasteiger partial charge in [0.05, 0.1) is 12.5 Å². The summed E-state index contributed by atoms with van der Waals surface area (Å²) in [5, 5.41) is 12.9. The third-order valence-electron chi connectivity index (χ3n) is 3.48. The molecule has 116 valence electrons. The standard InChI is InChI=1S/C18H21NO2S/c1-13-8-9-15(17(10-13)22-2)12-19-18(21)11-16(20)14-6-4-3-5-7-14/h3-10,16,20H,11-12H2,1-2H3,(H,19,21). The van der Waals surface area contributed by atoms with Crippen molar-refractivity contribution < 1.29 is 9.90 Å². The highest BCUT2D eigenvalue weighted by molar-refractivity contribution is 7.98. The van der Waals surface area contributed by atoms with Gasteiger partial charge in [0.1, 0.15) is 0 Å². The molecule has 0 spiro atoms. The van der Waals surface area contributed by atoms with Gasteiger partial charge in [-0.15, -0.1) is 11.8 Å². The third-order valence-corrected chi connectivity index (χ3v) is 4.30. The summed E-state index contributed by atoms with van der Waals surface area (Å²) in [6.07, 6.45) is 1.34. The molecule has 0 radical (unpaired) electrons. The van der Waals surface area contributed by atoms with Crippen molar-refractivity contribution in [2.24, 2.45) is 0 Å². The van der Waals surface area contributed by atoms with Gasteiger partial charge in [-0.25, -0.2) is 0 Å². The lowest BCUT2D eigenvalue weighted by atomic mass is 10.1. The van der Waals surface area contributed by atoms with Crippen LogP contribution in [0.25, 0.3) is 0 Å². The number of rotatable bonds is 6. The number of benzene rings is 2. The molecule has 2 aromatic carbocycles. The normalized spacial score (nSPS) is 12.0. The Labute approximate surface area is 135 Å². The van der Waals surface area contributed by atoms with Crippen LogP contribution in [0.3, 0.4) is 0 Å². The molecule has 0 aliphatic rings. The third kappa shape index (κ3) is 4.61. The maximum Gasteiger partial charge on any atom is 0.223 e. The molecule has 0 heterocycles. The Bertz CT molecular complexity index is 628. The van der Waals surface area contributed by atoms with E-state index < -0.39 is 6.10 Å². The zero-order valence-corrected chi connectivity index (χ0v) is 13.7. The molecule has 0 aromatic heterocycles. The number of nitrogens with one attached hydrogen (secondary N) is 1. The van der Waals surface area contributed by atoms with E-state index in [0.29, 0.717) is 6.54 Å². The van der Waals surface area contributed by atoms with Crippen molar-refractivity contribution in [3.63, 3.8) is 0 Å². The number of thioether (sulfide) groups is 1. The maximum atomic E-state index is 12.0. The van der Waals surface area contributed by atoms with Crippen molar-refractivity contribution >= 4 is 17.7 Å². The summed E-state index contributed by atoms with van der Waals surface area (Å²) in [5.41, 5.74) is 3.07. The molecule has 2 N–H and O–H groups in total. The maximum absolute atomic E-state index is 12.0. The zero-order valence-electron chi connectivity index (χ0n) is 12.9. The summed E-state index contributed by atoms with van der Waals surface area (Å²) < 4.78 is 0. The number of aliphatic hydroxyl groups excluding tert-OH is 1. The minimum absolute atomic E-state index is 0.0739. The number of hydrogen-bond acceptors (Lipinski definition) is 3. The summed E-state index contributed by atoms with van der Waals surface area (Å²) in [6, 6.07) is 15.4. The molecule has 1 amide bonds. The zero-order chi connectivity index (χ0) is 15.9. The van der Waals surface area contributed by atoms with Crippen LogP contribution in [0.5, 0.6) is 0 Å². The van der Waals surface area contributed by atoms with E-state index in [9.17, 15) is 9.90 Å². The molecule has 0 saturated heterocycles. The van der Waals surface area contributed by atoms with Gasteiger partial charge in [-0.05, 0) is 35.9 Å². The smallest absolute Gasteiger partial charge is 0.223 e. The number of carbonyl (C=O) groups is 1. The molecule has 1 unspecified atom stereocenters. The predicted molar refractivity (Wildman–Crippen MR) is 90.8 cm³/mol. The van der Waals surface area contributed by atoms with Crippen LogP contribution in [0, 0.1) is 6.92 Å². The van der Waals surface area contributed by atoms with Gasteiger partial charge in [0.15, 0.2) is 0 Å². The average Bonchev–Trinajstić information content (AvgIpc) is 2.54. The first kappa shape index (κ1) is 16.6. The minimum atomic E-state index is -0.765. The monoisotopic (exact) mass is 315 g/mol. The van der Waals surface area contributed by atoms with E-state index >= 15 is 0 Å². The molecule has 2 rings (SSSR count). The lowest BCUT2D eigenvalue weighted by molar-refractivity contribution is -0.123. The van der Waals surface area contributed by atoms with Gasteiger partial charge in [0.2, 0.25) is 5.91 Å². The van der Waals surface area contributed by atoms with Crippen LogP contribution in [0.4, 0.5) is 0 Å². The second-order valence-corrected chi connectivity index (χ2v) is 6.07. The van der Waals surface area contributed by atoms with Crippen molar-refractivity contribution in [3.8, 4) is 0 Å². The van der Waals surface area contributed by atoms with E-state index in [2.05, 4.69) is 18.3 Å². The van der Waals surface area contributed by atoms with Gasteiger partial charge in [-0.2, -0.15) is 0 Å². The van der Waals surface area contributed by atoms with Crippen LogP contribution in [0.1, 0.15) is 29.2 Å². The first-order valence-electron chi connectivity index (χ1n) is 7.23. The highest BCUT2D eigenvalue weighted by atomic mass is 32.2. The fourth-order valence-corrected chi connectivity index (χ4v) is 2.94. The van der Waals surface area contributed by atoms with E-state index in [1.54, 1.807) is 11.8 Å². The molecule has 0 aliphatic heterocycles. The Morgan fingerprint density at radius 3 is 2.64 bits per heavy atom. The Hall–Kier alpha value is -1.78. The fraction of sp³-hybridized carbons (Fsp3) is 0.278. The summed E-state index contributed by atoms with van der Waals surface area (Å²) in [7, 11) is 0. The topological polar surface area (TPSA) is 49.3 Å². The lowest BCUT2D eigenvalue weighted by Crippen LogP contribution is -2.24. The van der Waals surface area contributed by atoms with Crippen LogP contribution >= 0.6 is 11.8 Å². The Kier molecular flexibility index (Phi) is 6.04. The quantitative estimate of drug-likeness (QED) is 0.803. The molecular formula is C18H21NO2S. The average molecular weight is 315 g/mol. The van der Waals surface area contributed by atoms with Gasteiger partial charge in [-0.1, -0.05) is 42.5 Å². The number of aliphatic hydroxyl groups is 1. The van der Waals surface area contributed by atoms with E-state index in [0.717, 1.165) is 11.1 Å². The van der Waals surface area contributed by atoms with Gasteiger partial charge in [0, 0.05) is 11.4 Å². The van der Waals surface area contributed by atoms with Crippen LogP contribution in [-0.2, 0) is 11.3 Å². The molecule has 0 aliphatic carbocycles. The Morgan fingerprint density at radius 1 is 1.23 bits per heavy atom. The first-order valence-corrected chi connectivity index (χ1v) is 8.46. The van der Waals surface area contributed by atoms with Crippen LogP contribution < -0.4 is 5.32 Å². The molecule has 3 nitrogen and oxygen atoms in total.